The molecule has 0 bridgehead atoms. The molecule has 1 amide bonds. The van der Waals surface area contributed by atoms with Gasteiger partial charge in [-0.3, -0.25) is 14.5 Å². The van der Waals surface area contributed by atoms with Gasteiger partial charge in [-0.25, -0.2) is 4.39 Å². The normalized spacial score (nSPS) is 11.1. The fourth-order valence-corrected chi connectivity index (χ4v) is 3.36. The number of halogens is 1. The first-order valence-corrected chi connectivity index (χ1v) is 8.74. The van der Waals surface area contributed by atoms with Crippen LogP contribution >= 0.6 is 11.3 Å². The molecular weight excluding hydrogens is 343 g/mol. The largest absolute Gasteiger partial charge is 0.480 e. The average Bonchev–Trinajstić information content (AvgIpc) is 3.01. The van der Waals surface area contributed by atoms with E-state index in [0.29, 0.717) is 12.1 Å². The molecule has 1 aromatic heterocycles. The fraction of sp³-hybridized carbons (Fsp3) is 0.333. The van der Waals surface area contributed by atoms with E-state index in [-0.39, 0.29) is 30.9 Å². The number of hydrogen-bond donors (Lipinski definition) is 2. The van der Waals surface area contributed by atoms with Crippen molar-refractivity contribution in [1.82, 2.24) is 10.2 Å². The molecule has 0 radical (unpaired) electrons. The molecule has 0 aliphatic heterocycles. The third kappa shape index (κ3) is 5.65. The van der Waals surface area contributed by atoms with Crippen molar-refractivity contribution in [3.05, 3.63) is 47.1 Å². The summed E-state index contributed by atoms with van der Waals surface area (Å²) in [5.74, 6) is -1.66. The number of rotatable bonds is 8. The van der Waals surface area contributed by atoms with Crippen LogP contribution in [0.5, 0.6) is 0 Å². The Labute approximate surface area is 150 Å². The number of carbonyl (C=O) groups excluding carboxylic acids is 1. The molecule has 7 heteroatoms. The highest BCUT2D eigenvalue weighted by Crippen LogP contribution is 2.30. The van der Waals surface area contributed by atoms with E-state index in [4.69, 9.17) is 5.11 Å². The molecule has 2 N–H and O–H groups in total. The molecule has 0 spiro atoms. The van der Waals surface area contributed by atoms with E-state index in [2.05, 4.69) is 5.32 Å². The molecule has 0 unspecified atom stereocenters. The third-order valence-corrected chi connectivity index (χ3v) is 4.78. The first-order chi connectivity index (χ1) is 11.9. The van der Waals surface area contributed by atoms with Crippen molar-refractivity contribution in [2.75, 3.05) is 13.1 Å². The summed E-state index contributed by atoms with van der Waals surface area (Å²) in [6.07, 6.45) is 0. The Kier molecular flexibility index (Phi) is 6.66. The standard InChI is InChI=1S/C18H21FN2O3S/c1-12(2)21(11-17(22)20-9-18(23)24)10-13-7-8-16(25-13)14-5-3-4-6-15(14)19/h3-8,12H,9-11H2,1-2H3,(H,20,22)(H,23,24). The van der Waals surface area contributed by atoms with E-state index < -0.39 is 5.97 Å². The zero-order valence-corrected chi connectivity index (χ0v) is 15.0. The van der Waals surface area contributed by atoms with Gasteiger partial charge in [-0.2, -0.15) is 0 Å². The number of carboxylic acids is 1. The molecule has 0 saturated carbocycles. The summed E-state index contributed by atoms with van der Waals surface area (Å²) in [5.41, 5.74) is 0.564. The summed E-state index contributed by atoms with van der Waals surface area (Å²) < 4.78 is 13.9. The summed E-state index contributed by atoms with van der Waals surface area (Å²) in [5, 5.41) is 11.0. The van der Waals surface area contributed by atoms with Crippen molar-refractivity contribution in [1.29, 1.82) is 0 Å². The van der Waals surface area contributed by atoms with Gasteiger partial charge in [0.05, 0.1) is 6.54 Å². The van der Waals surface area contributed by atoms with Gasteiger partial charge in [-0.1, -0.05) is 18.2 Å². The van der Waals surface area contributed by atoms with Gasteiger partial charge in [0.15, 0.2) is 0 Å². The van der Waals surface area contributed by atoms with Crippen molar-refractivity contribution in [2.24, 2.45) is 0 Å². The SMILES string of the molecule is CC(C)N(CC(=O)NCC(=O)O)Cc1ccc(-c2ccccc2F)s1. The number of aliphatic carboxylic acids is 1. The Balaban J connectivity index is 2.04. The van der Waals surface area contributed by atoms with E-state index in [9.17, 15) is 14.0 Å². The predicted molar refractivity (Wildman–Crippen MR) is 95.9 cm³/mol. The molecule has 0 aliphatic rings. The average molecular weight is 364 g/mol. The van der Waals surface area contributed by atoms with Gasteiger partial charge in [0.2, 0.25) is 5.91 Å². The maximum atomic E-state index is 13.9. The second-order valence-electron chi connectivity index (χ2n) is 5.92. The van der Waals surface area contributed by atoms with Crippen LogP contribution in [0.4, 0.5) is 4.39 Å². The van der Waals surface area contributed by atoms with Gasteiger partial charge >= 0.3 is 5.97 Å². The third-order valence-electron chi connectivity index (χ3n) is 3.67. The minimum Gasteiger partial charge on any atom is -0.480 e. The van der Waals surface area contributed by atoms with Crippen LogP contribution in [0.15, 0.2) is 36.4 Å². The van der Waals surface area contributed by atoms with Crippen LogP contribution in [0.2, 0.25) is 0 Å². The quantitative estimate of drug-likeness (QED) is 0.756. The van der Waals surface area contributed by atoms with Crippen molar-refractivity contribution in [3.8, 4) is 10.4 Å². The van der Waals surface area contributed by atoms with E-state index in [0.717, 1.165) is 9.75 Å². The van der Waals surface area contributed by atoms with Crippen molar-refractivity contribution in [2.45, 2.75) is 26.4 Å². The highest BCUT2D eigenvalue weighted by atomic mass is 32.1. The Morgan fingerprint density at radius 3 is 2.60 bits per heavy atom. The molecule has 0 aliphatic carbocycles. The summed E-state index contributed by atoms with van der Waals surface area (Å²) in [7, 11) is 0. The number of thiophene rings is 1. The Morgan fingerprint density at radius 1 is 1.24 bits per heavy atom. The van der Waals surface area contributed by atoms with Crippen molar-refractivity contribution < 1.29 is 19.1 Å². The van der Waals surface area contributed by atoms with Crippen molar-refractivity contribution >= 4 is 23.2 Å². The molecule has 0 saturated heterocycles. The van der Waals surface area contributed by atoms with Crippen LogP contribution in [0, 0.1) is 5.82 Å². The second-order valence-corrected chi connectivity index (χ2v) is 7.08. The number of benzene rings is 1. The van der Waals surface area contributed by atoms with Gasteiger partial charge in [0.1, 0.15) is 12.4 Å². The number of nitrogens with zero attached hydrogens (tertiary/aromatic N) is 1. The monoisotopic (exact) mass is 364 g/mol. The number of nitrogens with one attached hydrogen (secondary N) is 1. The molecule has 2 rings (SSSR count). The van der Waals surface area contributed by atoms with Crippen LogP contribution in [0.25, 0.3) is 10.4 Å². The lowest BCUT2D eigenvalue weighted by Gasteiger charge is -2.25. The maximum absolute atomic E-state index is 13.9. The van der Waals surface area contributed by atoms with Crippen LogP contribution in [0.1, 0.15) is 18.7 Å². The minimum absolute atomic E-state index is 0.106. The molecule has 0 fully saturated rings. The first-order valence-electron chi connectivity index (χ1n) is 7.93. The smallest absolute Gasteiger partial charge is 0.322 e. The van der Waals surface area contributed by atoms with E-state index in [1.807, 2.05) is 30.9 Å². The van der Waals surface area contributed by atoms with Crippen LogP contribution < -0.4 is 5.32 Å². The highest BCUT2D eigenvalue weighted by molar-refractivity contribution is 7.15. The lowest BCUT2D eigenvalue weighted by atomic mass is 10.2. The second kappa shape index (κ2) is 8.73. The van der Waals surface area contributed by atoms with Gasteiger partial charge in [-0.05, 0) is 32.0 Å². The number of carboxylic acid groups (broad SMARTS) is 1. The van der Waals surface area contributed by atoms with E-state index in [1.165, 1.54) is 17.4 Å². The van der Waals surface area contributed by atoms with Gasteiger partial charge < -0.3 is 10.4 Å². The minimum atomic E-state index is -1.07. The molecular formula is C18H21FN2O3S. The van der Waals surface area contributed by atoms with E-state index >= 15 is 0 Å². The first kappa shape index (κ1) is 19.1. The molecule has 5 nitrogen and oxygen atoms in total. The Bertz CT molecular complexity index is 745. The lowest BCUT2D eigenvalue weighted by molar-refractivity contribution is -0.138. The van der Waals surface area contributed by atoms with Gasteiger partial charge in [0.25, 0.3) is 0 Å². The highest BCUT2D eigenvalue weighted by Gasteiger charge is 2.16. The number of hydrogen-bond acceptors (Lipinski definition) is 4. The summed E-state index contributed by atoms with van der Waals surface area (Å²) in [6, 6.07) is 10.5. The Hall–Kier alpha value is -2.25. The van der Waals surface area contributed by atoms with Crippen LogP contribution in [-0.4, -0.2) is 41.0 Å². The van der Waals surface area contributed by atoms with Crippen molar-refractivity contribution in [3.63, 3.8) is 0 Å². The number of carbonyl (C=O) groups is 2. The zero-order chi connectivity index (χ0) is 18.4. The molecule has 25 heavy (non-hydrogen) atoms. The predicted octanol–water partition coefficient (Wildman–Crippen LogP) is 2.97. The summed E-state index contributed by atoms with van der Waals surface area (Å²) in [4.78, 5) is 26.2. The van der Waals surface area contributed by atoms with Gasteiger partial charge in [0, 0.05) is 27.9 Å². The zero-order valence-electron chi connectivity index (χ0n) is 14.2. The fourth-order valence-electron chi connectivity index (χ4n) is 2.30. The molecule has 2 aromatic rings. The molecule has 1 aromatic carbocycles. The lowest BCUT2D eigenvalue weighted by Crippen LogP contribution is -2.41. The number of amides is 1. The topological polar surface area (TPSA) is 69.6 Å². The Morgan fingerprint density at radius 2 is 1.96 bits per heavy atom. The molecule has 0 atom stereocenters. The maximum Gasteiger partial charge on any atom is 0.322 e. The van der Waals surface area contributed by atoms with Crippen LogP contribution in [-0.2, 0) is 16.1 Å². The summed E-state index contributed by atoms with van der Waals surface area (Å²) in [6.45, 7) is 4.20. The summed E-state index contributed by atoms with van der Waals surface area (Å²) >= 11 is 1.48. The van der Waals surface area contributed by atoms with Gasteiger partial charge in [-0.15, -0.1) is 11.3 Å². The molecule has 134 valence electrons. The van der Waals surface area contributed by atoms with Crippen LogP contribution in [0.3, 0.4) is 0 Å². The van der Waals surface area contributed by atoms with E-state index in [1.54, 1.807) is 18.2 Å². The molecule has 1 heterocycles.